The van der Waals surface area contributed by atoms with Crippen LogP contribution in [0.4, 0.5) is 5.82 Å². The van der Waals surface area contributed by atoms with Crippen molar-refractivity contribution in [2.45, 2.75) is 37.6 Å². The molecule has 0 bridgehead atoms. The van der Waals surface area contributed by atoms with Gasteiger partial charge in [0.1, 0.15) is 11.6 Å². The van der Waals surface area contributed by atoms with Crippen molar-refractivity contribution in [2.75, 3.05) is 26.5 Å². The van der Waals surface area contributed by atoms with Crippen LogP contribution in [0.15, 0.2) is 54.6 Å². The molecule has 2 N–H and O–H groups in total. The highest BCUT2D eigenvalue weighted by molar-refractivity contribution is 5.91. The second-order valence-corrected chi connectivity index (χ2v) is 8.63. The number of carbonyl (C=O) groups is 1. The van der Waals surface area contributed by atoms with Crippen LogP contribution in [-0.2, 0) is 17.8 Å². The van der Waals surface area contributed by atoms with Crippen molar-refractivity contribution in [2.24, 2.45) is 0 Å². The summed E-state index contributed by atoms with van der Waals surface area (Å²) < 4.78 is 5.15. The van der Waals surface area contributed by atoms with Gasteiger partial charge < -0.3 is 15.0 Å². The number of methoxy groups -OCH3 is 1. The molecule has 1 amide bonds. The van der Waals surface area contributed by atoms with Crippen LogP contribution in [-0.4, -0.2) is 42.2 Å². The number of aromatic amines is 1. The van der Waals surface area contributed by atoms with E-state index in [9.17, 15) is 4.79 Å². The van der Waals surface area contributed by atoms with Gasteiger partial charge in [0.05, 0.1) is 19.2 Å². The molecule has 1 aliphatic rings. The van der Waals surface area contributed by atoms with Crippen molar-refractivity contribution < 1.29 is 9.53 Å². The summed E-state index contributed by atoms with van der Waals surface area (Å²) in [7, 11) is 5.82. The standard InChI is InChI=1S/C25H30N4O2/c1-29(2)16-18-5-4-6-19(11-18)20-13-21(14-20)23-15-24(28-27-23)26-25(30)12-17-7-9-22(31-3)10-8-17/h4-11,15,20-21H,12-14,16H2,1-3H3,(H2,26,27,28,30)/t20-,21+. The number of ether oxygens (including phenoxy) is 1. The molecule has 1 fully saturated rings. The number of nitrogens with zero attached hydrogens (tertiary/aromatic N) is 2. The van der Waals surface area contributed by atoms with Gasteiger partial charge in [-0.25, -0.2) is 0 Å². The van der Waals surface area contributed by atoms with E-state index in [0.717, 1.165) is 36.4 Å². The van der Waals surface area contributed by atoms with Crippen molar-refractivity contribution >= 4 is 11.7 Å². The highest BCUT2D eigenvalue weighted by Gasteiger charge is 2.33. The predicted octanol–water partition coefficient (Wildman–Crippen LogP) is 4.32. The Balaban J connectivity index is 1.29. The van der Waals surface area contributed by atoms with Gasteiger partial charge in [-0.1, -0.05) is 36.4 Å². The van der Waals surface area contributed by atoms with Crippen LogP contribution < -0.4 is 10.1 Å². The molecule has 2 aromatic carbocycles. The topological polar surface area (TPSA) is 70.2 Å². The summed E-state index contributed by atoms with van der Waals surface area (Å²) in [4.78, 5) is 14.5. The van der Waals surface area contributed by atoms with E-state index in [2.05, 4.69) is 58.8 Å². The van der Waals surface area contributed by atoms with E-state index in [1.54, 1.807) is 7.11 Å². The number of amides is 1. The summed E-state index contributed by atoms with van der Waals surface area (Å²) in [5.41, 5.74) is 4.74. The largest absolute Gasteiger partial charge is 0.497 e. The van der Waals surface area contributed by atoms with Crippen molar-refractivity contribution in [1.29, 1.82) is 0 Å². The molecule has 0 aliphatic heterocycles. The molecule has 162 valence electrons. The van der Waals surface area contributed by atoms with Crippen molar-refractivity contribution in [3.63, 3.8) is 0 Å². The van der Waals surface area contributed by atoms with Gasteiger partial charge in [-0.05, 0) is 61.7 Å². The van der Waals surface area contributed by atoms with Gasteiger partial charge in [-0.15, -0.1) is 0 Å². The lowest BCUT2D eigenvalue weighted by Gasteiger charge is -2.34. The third-order valence-electron chi connectivity index (χ3n) is 5.87. The Morgan fingerprint density at radius 2 is 1.87 bits per heavy atom. The number of aromatic nitrogens is 2. The van der Waals surface area contributed by atoms with Crippen LogP contribution >= 0.6 is 0 Å². The first-order valence-electron chi connectivity index (χ1n) is 10.7. The minimum absolute atomic E-state index is 0.0652. The molecule has 0 radical (unpaired) electrons. The minimum atomic E-state index is -0.0652. The maximum Gasteiger partial charge on any atom is 0.229 e. The number of benzene rings is 2. The maximum atomic E-state index is 12.4. The number of nitrogens with one attached hydrogen (secondary N) is 2. The highest BCUT2D eigenvalue weighted by Crippen LogP contribution is 2.47. The lowest BCUT2D eigenvalue weighted by Crippen LogP contribution is -2.21. The Hall–Kier alpha value is -3.12. The summed E-state index contributed by atoms with van der Waals surface area (Å²) in [6, 6.07) is 18.4. The lowest BCUT2D eigenvalue weighted by molar-refractivity contribution is -0.115. The SMILES string of the molecule is COc1ccc(CC(=O)Nc2cc([C@H]3C[C@@H](c4cccc(CN(C)C)c4)C3)n[nH]2)cc1. The molecule has 0 saturated heterocycles. The van der Waals surface area contributed by atoms with Crippen LogP contribution in [0.3, 0.4) is 0 Å². The first kappa shape index (κ1) is 21.1. The van der Waals surface area contributed by atoms with Gasteiger partial charge >= 0.3 is 0 Å². The van der Waals surface area contributed by atoms with E-state index in [4.69, 9.17) is 4.74 Å². The molecule has 31 heavy (non-hydrogen) atoms. The summed E-state index contributed by atoms with van der Waals surface area (Å²) in [6.07, 6.45) is 2.50. The van der Waals surface area contributed by atoms with E-state index >= 15 is 0 Å². The number of carbonyl (C=O) groups excluding carboxylic acids is 1. The first-order chi connectivity index (χ1) is 15.0. The Morgan fingerprint density at radius 3 is 2.58 bits per heavy atom. The molecular formula is C25H30N4O2. The molecule has 0 unspecified atom stereocenters. The van der Waals surface area contributed by atoms with Gasteiger partial charge in [0, 0.05) is 18.5 Å². The van der Waals surface area contributed by atoms with E-state index < -0.39 is 0 Å². The molecular weight excluding hydrogens is 388 g/mol. The molecule has 3 aromatic rings. The number of rotatable bonds is 8. The van der Waals surface area contributed by atoms with E-state index in [1.807, 2.05) is 30.3 Å². The fourth-order valence-corrected chi connectivity index (χ4v) is 4.18. The zero-order valence-corrected chi connectivity index (χ0v) is 18.4. The van der Waals surface area contributed by atoms with Crippen LogP contribution in [0, 0.1) is 0 Å². The molecule has 6 heteroatoms. The number of hydrogen-bond acceptors (Lipinski definition) is 4. The molecule has 1 heterocycles. The van der Waals surface area contributed by atoms with Gasteiger partial charge in [-0.2, -0.15) is 5.10 Å². The average Bonchev–Trinajstić information content (AvgIpc) is 3.15. The van der Waals surface area contributed by atoms with Crippen molar-refractivity contribution in [3.8, 4) is 5.75 Å². The average molecular weight is 419 g/mol. The molecule has 0 atom stereocenters. The van der Waals surface area contributed by atoms with Gasteiger partial charge in [-0.3, -0.25) is 9.89 Å². The normalized spacial score (nSPS) is 17.9. The minimum Gasteiger partial charge on any atom is -0.497 e. The van der Waals surface area contributed by atoms with E-state index in [0.29, 0.717) is 24.1 Å². The third kappa shape index (κ3) is 5.33. The van der Waals surface area contributed by atoms with Crippen LogP contribution in [0.25, 0.3) is 0 Å². The Labute approximate surface area is 183 Å². The molecule has 4 rings (SSSR count). The van der Waals surface area contributed by atoms with E-state index in [-0.39, 0.29) is 5.91 Å². The smallest absolute Gasteiger partial charge is 0.229 e. The number of hydrogen-bond donors (Lipinski definition) is 2. The zero-order chi connectivity index (χ0) is 21.8. The number of H-pyrrole nitrogens is 1. The molecule has 0 spiro atoms. The quantitative estimate of drug-likeness (QED) is 0.572. The van der Waals surface area contributed by atoms with Crippen LogP contribution in [0.5, 0.6) is 5.75 Å². The van der Waals surface area contributed by atoms with E-state index in [1.165, 1.54) is 11.1 Å². The fraction of sp³-hybridized carbons (Fsp3) is 0.360. The monoisotopic (exact) mass is 418 g/mol. The van der Waals surface area contributed by atoms with Gasteiger partial charge in [0.25, 0.3) is 0 Å². The molecule has 1 aliphatic carbocycles. The third-order valence-corrected chi connectivity index (χ3v) is 5.87. The second-order valence-electron chi connectivity index (χ2n) is 8.63. The summed E-state index contributed by atoms with van der Waals surface area (Å²) in [6.45, 7) is 0.961. The summed E-state index contributed by atoms with van der Waals surface area (Å²) >= 11 is 0. The first-order valence-corrected chi connectivity index (χ1v) is 10.7. The molecule has 1 aromatic heterocycles. The Bertz CT molecular complexity index is 1020. The second kappa shape index (κ2) is 9.35. The summed E-state index contributed by atoms with van der Waals surface area (Å²) in [5.74, 6) is 2.39. The van der Waals surface area contributed by atoms with Crippen molar-refractivity contribution in [3.05, 3.63) is 77.0 Å². The lowest BCUT2D eigenvalue weighted by atomic mass is 9.70. The molecule has 6 nitrogen and oxygen atoms in total. The number of anilines is 1. The Morgan fingerprint density at radius 1 is 1.10 bits per heavy atom. The van der Waals surface area contributed by atoms with Gasteiger partial charge in [0.2, 0.25) is 5.91 Å². The van der Waals surface area contributed by atoms with Crippen LogP contribution in [0.1, 0.15) is 47.1 Å². The Kier molecular flexibility index (Phi) is 6.37. The fourth-order valence-electron chi connectivity index (χ4n) is 4.18. The predicted molar refractivity (Wildman–Crippen MR) is 122 cm³/mol. The maximum absolute atomic E-state index is 12.4. The van der Waals surface area contributed by atoms with Gasteiger partial charge in [0.15, 0.2) is 0 Å². The van der Waals surface area contributed by atoms with Crippen molar-refractivity contribution in [1.82, 2.24) is 15.1 Å². The molecule has 1 saturated carbocycles. The van der Waals surface area contributed by atoms with Crippen LogP contribution in [0.2, 0.25) is 0 Å². The zero-order valence-electron chi connectivity index (χ0n) is 18.4. The highest BCUT2D eigenvalue weighted by atomic mass is 16.5. The summed E-state index contributed by atoms with van der Waals surface area (Å²) in [5, 5.41) is 10.3.